The molecule has 3 atom stereocenters. The molecule has 2 fully saturated rings. The molecule has 1 aliphatic carbocycles. The average Bonchev–Trinajstić information content (AvgIpc) is 2.38. The largest absolute Gasteiger partial charge is 0.323 e. The van der Waals surface area contributed by atoms with Gasteiger partial charge in [-0.25, -0.2) is 4.79 Å². The number of piperidine rings is 1. The Kier molecular flexibility index (Phi) is 5.71. The van der Waals surface area contributed by atoms with Crippen LogP contribution in [0.15, 0.2) is 0 Å². The molecule has 1 aliphatic heterocycles. The van der Waals surface area contributed by atoms with E-state index in [9.17, 15) is 4.79 Å². The van der Waals surface area contributed by atoms with Crippen molar-refractivity contribution in [3.8, 4) is 0 Å². The second-order valence-corrected chi connectivity index (χ2v) is 9.05. The summed E-state index contributed by atoms with van der Waals surface area (Å²) in [5, 5.41) is 0. The SMILES string of the molecule is CCCCC1CC(N)C[N+](CC2CCC2)(C(=O)C(C)(C)C)C1. The third-order valence-corrected chi connectivity index (χ3v) is 5.70. The minimum absolute atomic E-state index is 0.196. The molecule has 3 unspecified atom stereocenters. The number of nitrogens with zero attached hydrogens (tertiary/aromatic N) is 1. The lowest BCUT2D eigenvalue weighted by Crippen LogP contribution is -2.67. The van der Waals surface area contributed by atoms with Gasteiger partial charge in [0, 0.05) is 11.8 Å². The lowest BCUT2D eigenvalue weighted by atomic mass is 9.80. The zero-order valence-electron chi connectivity index (χ0n) is 15.2. The standard InChI is InChI=1S/C19H37N2O/c1-5-6-8-16-11-17(20)14-21(13-16,12-15-9-7-10-15)18(22)19(2,3)4/h15-17H,5-14,20H2,1-4H3/q+1. The molecule has 1 saturated carbocycles. The van der Waals surface area contributed by atoms with Crippen LogP contribution in [0.25, 0.3) is 0 Å². The van der Waals surface area contributed by atoms with Crippen molar-refractivity contribution < 1.29 is 9.28 Å². The molecule has 1 amide bonds. The maximum Gasteiger partial charge on any atom is 0.319 e. The summed E-state index contributed by atoms with van der Waals surface area (Å²) in [6.45, 7) is 11.5. The Morgan fingerprint density at radius 3 is 2.36 bits per heavy atom. The lowest BCUT2D eigenvalue weighted by Gasteiger charge is -2.49. The van der Waals surface area contributed by atoms with Gasteiger partial charge in [-0.1, -0.05) is 26.2 Å². The molecule has 1 heterocycles. The van der Waals surface area contributed by atoms with E-state index < -0.39 is 0 Å². The van der Waals surface area contributed by atoms with Crippen LogP contribution in [-0.2, 0) is 4.79 Å². The van der Waals surface area contributed by atoms with Crippen LogP contribution in [0, 0.1) is 17.3 Å². The van der Waals surface area contributed by atoms with Crippen LogP contribution < -0.4 is 5.73 Å². The van der Waals surface area contributed by atoms with Crippen molar-refractivity contribution in [3.05, 3.63) is 0 Å². The van der Waals surface area contributed by atoms with E-state index >= 15 is 0 Å². The fraction of sp³-hybridized carbons (Fsp3) is 0.947. The van der Waals surface area contributed by atoms with Crippen LogP contribution in [0.1, 0.15) is 72.6 Å². The molecule has 2 N–H and O–H groups in total. The van der Waals surface area contributed by atoms with E-state index in [2.05, 4.69) is 27.7 Å². The molecule has 0 aromatic carbocycles. The lowest BCUT2D eigenvalue weighted by molar-refractivity contribution is -0.871. The number of hydrogen-bond acceptors (Lipinski definition) is 2. The molecule has 0 aromatic heterocycles. The molecule has 22 heavy (non-hydrogen) atoms. The molecule has 2 aliphatic rings. The van der Waals surface area contributed by atoms with Gasteiger partial charge in [0.05, 0.1) is 24.5 Å². The fourth-order valence-corrected chi connectivity index (χ4v) is 4.58. The normalized spacial score (nSPS) is 33.5. The molecule has 128 valence electrons. The third kappa shape index (κ3) is 4.11. The number of rotatable bonds is 5. The van der Waals surface area contributed by atoms with Gasteiger partial charge in [0.2, 0.25) is 0 Å². The van der Waals surface area contributed by atoms with Gasteiger partial charge >= 0.3 is 5.91 Å². The minimum atomic E-state index is -0.268. The first-order chi connectivity index (χ1) is 10.3. The van der Waals surface area contributed by atoms with Crippen molar-refractivity contribution in [2.24, 2.45) is 23.0 Å². The number of quaternary nitrogens is 1. The Morgan fingerprint density at radius 2 is 1.86 bits per heavy atom. The number of nitrogens with two attached hydrogens (primary N) is 1. The molecule has 3 nitrogen and oxygen atoms in total. The van der Waals surface area contributed by atoms with Crippen LogP contribution in [0.5, 0.6) is 0 Å². The van der Waals surface area contributed by atoms with Gasteiger partial charge in [-0.15, -0.1) is 0 Å². The number of carbonyl (C=O) groups excluding carboxylic acids is 1. The Labute approximate surface area is 137 Å². The highest BCUT2D eigenvalue weighted by atomic mass is 16.2. The highest BCUT2D eigenvalue weighted by Crippen LogP contribution is 2.37. The van der Waals surface area contributed by atoms with Gasteiger partial charge in [0.1, 0.15) is 6.54 Å². The first kappa shape index (κ1) is 17.9. The monoisotopic (exact) mass is 309 g/mol. The van der Waals surface area contributed by atoms with Crippen LogP contribution >= 0.6 is 0 Å². The summed E-state index contributed by atoms with van der Waals surface area (Å²) in [4.78, 5) is 13.3. The van der Waals surface area contributed by atoms with E-state index in [0.717, 1.165) is 32.0 Å². The topological polar surface area (TPSA) is 43.1 Å². The van der Waals surface area contributed by atoms with Crippen LogP contribution in [0.2, 0.25) is 0 Å². The Morgan fingerprint density at radius 1 is 1.18 bits per heavy atom. The number of unbranched alkanes of at least 4 members (excludes halogenated alkanes) is 1. The molecule has 0 bridgehead atoms. The van der Waals surface area contributed by atoms with E-state index in [1.807, 2.05) is 0 Å². The van der Waals surface area contributed by atoms with E-state index in [-0.39, 0.29) is 11.5 Å². The molecule has 3 heteroatoms. The molecule has 1 saturated heterocycles. The number of amides is 1. The van der Waals surface area contributed by atoms with Gasteiger partial charge in [0.25, 0.3) is 0 Å². The molecule has 2 rings (SSSR count). The quantitative estimate of drug-likeness (QED) is 0.787. The number of carbonyl (C=O) groups is 1. The summed E-state index contributed by atoms with van der Waals surface area (Å²) in [6.07, 6.45) is 8.83. The smallest absolute Gasteiger partial charge is 0.319 e. The highest BCUT2D eigenvalue weighted by Gasteiger charge is 2.50. The molecule has 0 aromatic rings. The van der Waals surface area contributed by atoms with Crippen molar-refractivity contribution in [1.29, 1.82) is 0 Å². The zero-order chi connectivity index (χ0) is 16.4. The first-order valence-corrected chi connectivity index (χ1v) is 9.43. The Balaban J connectivity index is 2.19. The predicted octanol–water partition coefficient (Wildman–Crippen LogP) is 3.71. The first-order valence-electron chi connectivity index (χ1n) is 9.43. The van der Waals surface area contributed by atoms with Crippen molar-refractivity contribution in [1.82, 2.24) is 0 Å². The number of likely N-dealkylation sites (tertiary alicyclic amines) is 1. The summed E-state index contributed by atoms with van der Waals surface area (Å²) in [7, 11) is 0. The molecular formula is C19H37N2O+. The van der Waals surface area contributed by atoms with Gasteiger partial charge in [-0.05, 0) is 46.5 Å². The van der Waals surface area contributed by atoms with Crippen molar-refractivity contribution in [2.45, 2.75) is 78.7 Å². The molecule has 0 radical (unpaired) electrons. The number of hydrogen-bond donors (Lipinski definition) is 1. The van der Waals surface area contributed by atoms with Crippen LogP contribution in [-0.4, -0.2) is 36.1 Å². The third-order valence-electron chi connectivity index (χ3n) is 5.70. The molecular weight excluding hydrogens is 272 g/mol. The maximum absolute atomic E-state index is 13.3. The zero-order valence-corrected chi connectivity index (χ0v) is 15.2. The summed E-state index contributed by atoms with van der Waals surface area (Å²) in [5.74, 6) is 1.81. The van der Waals surface area contributed by atoms with E-state index in [1.54, 1.807) is 0 Å². The van der Waals surface area contributed by atoms with Gasteiger partial charge in [-0.2, -0.15) is 0 Å². The Bertz CT molecular complexity index is 383. The summed E-state index contributed by atoms with van der Waals surface area (Å²) < 4.78 is 0.670. The average molecular weight is 310 g/mol. The predicted molar refractivity (Wildman–Crippen MR) is 92.3 cm³/mol. The van der Waals surface area contributed by atoms with Gasteiger partial charge in [0.15, 0.2) is 0 Å². The van der Waals surface area contributed by atoms with Crippen molar-refractivity contribution in [3.63, 3.8) is 0 Å². The summed E-state index contributed by atoms with van der Waals surface area (Å²) in [5.41, 5.74) is 6.15. The summed E-state index contributed by atoms with van der Waals surface area (Å²) in [6, 6.07) is 0.196. The maximum atomic E-state index is 13.3. The van der Waals surface area contributed by atoms with E-state index in [4.69, 9.17) is 5.73 Å². The second kappa shape index (κ2) is 7.00. The van der Waals surface area contributed by atoms with Gasteiger partial charge in [-0.3, -0.25) is 4.48 Å². The van der Waals surface area contributed by atoms with Gasteiger partial charge < -0.3 is 5.73 Å². The Hall–Kier alpha value is -0.410. The fourth-order valence-electron chi connectivity index (χ4n) is 4.58. The van der Waals surface area contributed by atoms with Crippen LogP contribution in [0.3, 0.4) is 0 Å². The van der Waals surface area contributed by atoms with Crippen molar-refractivity contribution in [2.75, 3.05) is 19.6 Å². The minimum Gasteiger partial charge on any atom is -0.323 e. The highest BCUT2D eigenvalue weighted by molar-refractivity contribution is 5.75. The van der Waals surface area contributed by atoms with Crippen molar-refractivity contribution >= 4 is 5.91 Å². The van der Waals surface area contributed by atoms with E-state index in [1.165, 1.54) is 38.5 Å². The second-order valence-electron chi connectivity index (χ2n) is 9.05. The molecule has 0 spiro atoms. The summed E-state index contributed by atoms with van der Waals surface area (Å²) >= 11 is 0. The van der Waals surface area contributed by atoms with E-state index in [0.29, 0.717) is 16.3 Å². The van der Waals surface area contributed by atoms with Crippen LogP contribution in [0.4, 0.5) is 0 Å².